The summed E-state index contributed by atoms with van der Waals surface area (Å²) in [6.07, 6.45) is 1.11. The van der Waals surface area contributed by atoms with Crippen LogP contribution in [0.4, 0.5) is 0 Å². The van der Waals surface area contributed by atoms with Crippen molar-refractivity contribution in [1.82, 2.24) is 4.90 Å². The first-order valence-electron chi connectivity index (χ1n) is 4.35. The average molecular weight is 189 g/mol. The first kappa shape index (κ1) is 12.0. The quantitative estimate of drug-likeness (QED) is 0.464. The Morgan fingerprint density at radius 1 is 1.50 bits per heavy atom. The van der Waals surface area contributed by atoms with Gasteiger partial charge in [-0.05, 0) is 13.0 Å². The second-order valence-corrected chi connectivity index (χ2v) is 3.22. The van der Waals surface area contributed by atoms with E-state index in [0.29, 0.717) is 0 Å². The van der Waals surface area contributed by atoms with Crippen molar-refractivity contribution in [3.63, 3.8) is 0 Å². The molecule has 2 nitrogen and oxygen atoms in total. The van der Waals surface area contributed by atoms with Crippen molar-refractivity contribution in [2.75, 3.05) is 32.0 Å². The molecule has 0 aromatic heterocycles. The van der Waals surface area contributed by atoms with Gasteiger partial charge in [0.1, 0.15) is 0 Å². The SMILES string of the molecule is C=C(CS)CN(CCC)CCO. The van der Waals surface area contributed by atoms with Crippen LogP contribution in [0.3, 0.4) is 0 Å². The van der Waals surface area contributed by atoms with E-state index in [2.05, 4.69) is 31.0 Å². The number of hydrogen-bond acceptors (Lipinski definition) is 3. The summed E-state index contributed by atoms with van der Waals surface area (Å²) in [6.45, 7) is 8.85. The summed E-state index contributed by atoms with van der Waals surface area (Å²) in [4.78, 5) is 2.19. The molecule has 0 aliphatic heterocycles. The Morgan fingerprint density at radius 3 is 2.58 bits per heavy atom. The maximum atomic E-state index is 8.76. The van der Waals surface area contributed by atoms with Crippen LogP contribution >= 0.6 is 12.6 Å². The highest BCUT2D eigenvalue weighted by molar-refractivity contribution is 7.80. The van der Waals surface area contributed by atoms with Gasteiger partial charge >= 0.3 is 0 Å². The molecule has 0 amide bonds. The van der Waals surface area contributed by atoms with Crippen LogP contribution in [0, 0.1) is 0 Å². The summed E-state index contributed by atoms with van der Waals surface area (Å²) in [6, 6.07) is 0. The molecule has 0 heterocycles. The van der Waals surface area contributed by atoms with Gasteiger partial charge in [0.05, 0.1) is 6.61 Å². The van der Waals surface area contributed by atoms with Gasteiger partial charge in [0.2, 0.25) is 0 Å². The number of thiol groups is 1. The van der Waals surface area contributed by atoms with Crippen LogP contribution < -0.4 is 0 Å². The molecule has 1 N–H and O–H groups in total. The fourth-order valence-corrected chi connectivity index (χ4v) is 1.19. The van der Waals surface area contributed by atoms with Crippen molar-refractivity contribution in [2.45, 2.75) is 13.3 Å². The fraction of sp³-hybridized carbons (Fsp3) is 0.778. The second kappa shape index (κ2) is 7.65. The first-order valence-corrected chi connectivity index (χ1v) is 4.98. The average Bonchev–Trinajstić information content (AvgIpc) is 2.05. The molecule has 0 aliphatic carbocycles. The lowest BCUT2D eigenvalue weighted by Gasteiger charge is -2.20. The summed E-state index contributed by atoms with van der Waals surface area (Å²) in [5.41, 5.74) is 1.11. The standard InChI is InChI=1S/C9H19NOS/c1-3-4-10(5-6-11)7-9(2)8-12/h11-12H,2-8H2,1H3. The smallest absolute Gasteiger partial charge is 0.0558 e. The Morgan fingerprint density at radius 2 is 2.17 bits per heavy atom. The van der Waals surface area contributed by atoms with Gasteiger partial charge in [-0.25, -0.2) is 0 Å². The van der Waals surface area contributed by atoms with Crippen molar-refractivity contribution in [2.24, 2.45) is 0 Å². The molecule has 0 bridgehead atoms. The molecule has 0 aromatic rings. The van der Waals surface area contributed by atoms with Crippen LogP contribution in [0.2, 0.25) is 0 Å². The Bertz CT molecular complexity index is 122. The van der Waals surface area contributed by atoms with Gasteiger partial charge in [0.15, 0.2) is 0 Å². The number of rotatable bonds is 7. The molecule has 0 spiro atoms. The van der Waals surface area contributed by atoms with Crippen molar-refractivity contribution in [3.8, 4) is 0 Å². The van der Waals surface area contributed by atoms with Gasteiger partial charge in [0, 0.05) is 18.8 Å². The monoisotopic (exact) mass is 189 g/mol. The summed E-state index contributed by atoms with van der Waals surface area (Å²) < 4.78 is 0. The molecule has 0 atom stereocenters. The minimum atomic E-state index is 0.222. The molecule has 0 aromatic carbocycles. The lowest BCUT2D eigenvalue weighted by atomic mass is 10.3. The van der Waals surface area contributed by atoms with E-state index in [1.54, 1.807) is 0 Å². The van der Waals surface area contributed by atoms with E-state index >= 15 is 0 Å². The number of nitrogens with zero attached hydrogens (tertiary/aromatic N) is 1. The Labute approximate surface area is 80.7 Å². The van der Waals surface area contributed by atoms with Crippen LogP contribution in [0.15, 0.2) is 12.2 Å². The molecule has 0 rings (SSSR count). The number of hydrogen-bond donors (Lipinski definition) is 2. The summed E-state index contributed by atoms with van der Waals surface area (Å²) in [7, 11) is 0. The van der Waals surface area contributed by atoms with E-state index in [1.807, 2.05) is 0 Å². The van der Waals surface area contributed by atoms with Crippen LogP contribution in [-0.2, 0) is 0 Å². The summed E-state index contributed by atoms with van der Waals surface area (Å²) >= 11 is 4.14. The normalized spacial score (nSPS) is 10.7. The number of aliphatic hydroxyl groups is 1. The van der Waals surface area contributed by atoms with E-state index in [-0.39, 0.29) is 6.61 Å². The van der Waals surface area contributed by atoms with E-state index in [0.717, 1.165) is 37.4 Å². The van der Waals surface area contributed by atoms with E-state index < -0.39 is 0 Å². The lowest BCUT2D eigenvalue weighted by molar-refractivity contribution is 0.206. The van der Waals surface area contributed by atoms with Crippen molar-refractivity contribution in [1.29, 1.82) is 0 Å². The van der Waals surface area contributed by atoms with Crippen molar-refractivity contribution < 1.29 is 5.11 Å². The highest BCUT2D eigenvalue weighted by Crippen LogP contribution is 1.99. The summed E-state index contributed by atoms with van der Waals surface area (Å²) in [5.74, 6) is 0.728. The molecule has 0 saturated carbocycles. The Kier molecular flexibility index (Phi) is 7.65. The predicted molar refractivity (Wildman–Crippen MR) is 56.8 cm³/mol. The molecule has 0 saturated heterocycles. The predicted octanol–water partition coefficient (Wildman–Crippen LogP) is 1.18. The van der Waals surface area contributed by atoms with Crippen molar-refractivity contribution >= 4 is 12.6 Å². The lowest BCUT2D eigenvalue weighted by Crippen LogP contribution is -2.29. The second-order valence-electron chi connectivity index (χ2n) is 2.91. The molecular formula is C9H19NOS. The van der Waals surface area contributed by atoms with Gasteiger partial charge in [0.25, 0.3) is 0 Å². The molecule has 72 valence electrons. The third-order valence-corrected chi connectivity index (χ3v) is 2.07. The highest BCUT2D eigenvalue weighted by Gasteiger charge is 2.03. The topological polar surface area (TPSA) is 23.5 Å². The minimum absolute atomic E-state index is 0.222. The zero-order chi connectivity index (χ0) is 9.40. The zero-order valence-electron chi connectivity index (χ0n) is 7.79. The molecule has 0 fully saturated rings. The molecule has 12 heavy (non-hydrogen) atoms. The van der Waals surface area contributed by atoms with Gasteiger partial charge in [-0.2, -0.15) is 12.6 Å². The number of aliphatic hydroxyl groups excluding tert-OH is 1. The third-order valence-electron chi connectivity index (χ3n) is 1.63. The molecule has 0 radical (unpaired) electrons. The van der Waals surface area contributed by atoms with Crippen LogP contribution in [0.1, 0.15) is 13.3 Å². The van der Waals surface area contributed by atoms with E-state index in [9.17, 15) is 0 Å². The maximum absolute atomic E-state index is 8.76. The highest BCUT2D eigenvalue weighted by atomic mass is 32.1. The fourth-order valence-electron chi connectivity index (χ4n) is 1.09. The Hall–Kier alpha value is 0.01000. The largest absolute Gasteiger partial charge is 0.395 e. The molecule has 0 unspecified atom stereocenters. The maximum Gasteiger partial charge on any atom is 0.0558 e. The van der Waals surface area contributed by atoms with Gasteiger partial charge in [-0.3, -0.25) is 4.90 Å². The van der Waals surface area contributed by atoms with E-state index in [1.165, 1.54) is 0 Å². The molecule has 0 aliphatic rings. The summed E-state index contributed by atoms with van der Waals surface area (Å²) in [5, 5.41) is 8.76. The molecule has 3 heteroatoms. The van der Waals surface area contributed by atoms with Crippen LogP contribution in [-0.4, -0.2) is 42.0 Å². The van der Waals surface area contributed by atoms with Gasteiger partial charge < -0.3 is 5.11 Å². The molecular weight excluding hydrogens is 170 g/mol. The third kappa shape index (κ3) is 5.63. The minimum Gasteiger partial charge on any atom is -0.395 e. The first-order chi connectivity index (χ1) is 5.74. The van der Waals surface area contributed by atoms with Gasteiger partial charge in [-0.1, -0.05) is 19.1 Å². The van der Waals surface area contributed by atoms with Crippen LogP contribution in [0.5, 0.6) is 0 Å². The Balaban J connectivity index is 3.68. The zero-order valence-corrected chi connectivity index (χ0v) is 8.69. The van der Waals surface area contributed by atoms with Crippen LogP contribution in [0.25, 0.3) is 0 Å². The van der Waals surface area contributed by atoms with Crippen molar-refractivity contribution in [3.05, 3.63) is 12.2 Å². The van der Waals surface area contributed by atoms with E-state index in [4.69, 9.17) is 5.11 Å². The van der Waals surface area contributed by atoms with Gasteiger partial charge in [-0.15, -0.1) is 0 Å².